The molecule has 0 bridgehead atoms. The highest BCUT2D eigenvalue weighted by atomic mass is 19.4. The Morgan fingerprint density at radius 1 is 1.20 bits per heavy atom. The van der Waals surface area contributed by atoms with Gasteiger partial charge in [-0.15, -0.1) is 0 Å². The smallest absolute Gasteiger partial charge is 0.399 e. The van der Waals surface area contributed by atoms with E-state index in [1.807, 2.05) is 0 Å². The highest BCUT2D eigenvalue weighted by molar-refractivity contribution is 5.64. The van der Waals surface area contributed by atoms with Gasteiger partial charge in [-0.25, -0.2) is 4.98 Å². The molecule has 2 aromatic rings. The molecule has 1 aliphatic carbocycles. The number of nitrogens with two attached hydrogens (primary N) is 1. The molecule has 1 atom stereocenters. The number of halogens is 3. The van der Waals surface area contributed by atoms with Gasteiger partial charge in [0.15, 0.2) is 0 Å². The van der Waals surface area contributed by atoms with Crippen molar-refractivity contribution >= 4 is 23.1 Å². The van der Waals surface area contributed by atoms with Gasteiger partial charge in [0, 0.05) is 36.1 Å². The lowest BCUT2D eigenvalue weighted by molar-refractivity contribution is -0.137. The Morgan fingerprint density at radius 3 is 2.80 bits per heavy atom. The van der Waals surface area contributed by atoms with Gasteiger partial charge < -0.3 is 21.3 Å². The van der Waals surface area contributed by atoms with E-state index < -0.39 is 11.7 Å². The van der Waals surface area contributed by atoms with Crippen LogP contribution in [-0.2, 0) is 19.0 Å². The van der Waals surface area contributed by atoms with Crippen LogP contribution in [0.15, 0.2) is 18.2 Å². The first kappa shape index (κ1) is 20.7. The van der Waals surface area contributed by atoms with Crippen molar-refractivity contribution in [2.45, 2.75) is 51.2 Å². The van der Waals surface area contributed by atoms with Crippen molar-refractivity contribution in [2.24, 2.45) is 0 Å². The Bertz CT molecular complexity index is 914. The third kappa shape index (κ3) is 4.45. The van der Waals surface area contributed by atoms with E-state index in [0.29, 0.717) is 12.0 Å². The summed E-state index contributed by atoms with van der Waals surface area (Å²) in [6.07, 6.45) is 0.480. The van der Waals surface area contributed by atoms with Crippen molar-refractivity contribution in [2.75, 3.05) is 35.6 Å². The van der Waals surface area contributed by atoms with Crippen molar-refractivity contribution in [3.8, 4) is 0 Å². The first-order valence-corrected chi connectivity index (χ1v) is 10.5. The van der Waals surface area contributed by atoms with Gasteiger partial charge in [-0.1, -0.05) is 6.92 Å². The third-order valence-electron chi connectivity index (χ3n) is 5.62. The summed E-state index contributed by atoms with van der Waals surface area (Å²) in [6.45, 7) is 4.92. The Hall–Kier alpha value is -2.55. The Labute approximate surface area is 174 Å². The quantitative estimate of drug-likeness (QED) is 0.616. The maximum absolute atomic E-state index is 13.1. The number of hydrogen-bond acceptors (Lipinski definition) is 6. The molecule has 1 aromatic heterocycles. The molecule has 2 aliphatic rings. The van der Waals surface area contributed by atoms with Gasteiger partial charge in [0.05, 0.1) is 11.3 Å². The molecule has 1 aromatic carbocycles. The molecule has 9 heteroatoms. The number of nitrogen functional groups attached to an aromatic ring is 1. The number of hydrogen-bond donors (Lipinski definition) is 3. The number of rotatable bonds is 6. The molecule has 162 valence electrons. The van der Waals surface area contributed by atoms with Gasteiger partial charge >= 0.3 is 6.18 Å². The minimum Gasteiger partial charge on any atom is -0.399 e. The van der Waals surface area contributed by atoms with Crippen LogP contribution in [0.5, 0.6) is 0 Å². The van der Waals surface area contributed by atoms with Gasteiger partial charge in [-0.2, -0.15) is 18.2 Å². The van der Waals surface area contributed by atoms with E-state index in [2.05, 4.69) is 27.4 Å². The van der Waals surface area contributed by atoms with E-state index in [1.165, 1.54) is 11.6 Å². The van der Waals surface area contributed by atoms with E-state index in [9.17, 15) is 13.2 Å². The second-order valence-corrected chi connectivity index (χ2v) is 8.00. The molecule has 0 amide bonds. The van der Waals surface area contributed by atoms with Crippen LogP contribution in [-0.4, -0.2) is 35.6 Å². The zero-order valence-corrected chi connectivity index (χ0v) is 17.0. The van der Waals surface area contributed by atoms with Crippen LogP contribution in [0.1, 0.15) is 43.0 Å². The predicted molar refractivity (Wildman–Crippen MR) is 112 cm³/mol. The summed E-state index contributed by atoms with van der Waals surface area (Å²) in [5.74, 6) is 1.22. The molecule has 0 radical (unpaired) electrons. The average molecular weight is 420 g/mol. The van der Waals surface area contributed by atoms with Crippen LogP contribution in [0, 0.1) is 0 Å². The number of nitrogens with one attached hydrogen (secondary N) is 2. The number of anilines is 4. The fraction of sp³-hybridized carbons (Fsp3) is 0.524. The summed E-state index contributed by atoms with van der Waals surface area (Å²) >= 11 is 0. The molecule has 1 saturated heterocycles. The van der Waals surface area contributed by atoms with Crippen molar-refractivity contribution in [3.05, 3.63) is 35.0 Å². The van der Waals surface area contributed by atoms with E-state index in [4.69, 9.17) is 10.7 Å². The summed E-state index contributed by atoms with van der Waals surface area (Å²) in [6, 6.07) is 3.85. The minimum absolute atomic E-state index is 0.0399. The SMILES string of the molecule is CCCNC1CCN(c2nc(Nc3cc(N)cc(C(F)(F)F)c3)nc3c2CCC3)C1. The molecule has 0 saturated carbocycles. The van der Waals surface area contributed by atoms with E-state index >= 15 is 0 Å². The standard InChI is InChI=1S/C21H27F3N6/c1-2-7-26-15-6-8-30(12-15)19-17-4-3-5-18(17)28-20(29-19)27-16-10-13(21(22,23)24)9-14(25)11-16/h9-11,15,26H,2-8,12,25H2,1H3,(H,27,28,29). The molecule has 4 N–H and O–H groups in total. The molecule has 30 heavy (non-hydrogen) atoms. The van der Waals surface area contributed by atoms with Crippen molar-refractivity contribution in [1.82, 2.24) is 15.3 Å². The average Bonchev–Trinajstić information content (AvgIpc) is 3.34. The van der Waals surface area contributed by atoms with Gasteiger partial charge in [0.2, 0.25) is 5.95 Å². The van der Waals surface area contributed by atoms with Crippen LogP contribution in [0.4, 0.5) is 36.3 Å². The van der Waals surface area contributed by atoms with E-state index in [1.54, 1.807) is 0 Å². The maximum Gasteiger partial charge on any atom is 0.416 e. The minimum atomic E-state index is -4.47. The van der Waals surface area contributed by atoms with Crippen molar-refractivity contribution < 1.29 is 13.2 Å². The molecule has 4 rings (SSSR count). The number of fused-ring (bicyclic) bond motifs is 1. The van der Waals surface area contributed by atoms with E-state index in [0.717, 1.165) is 75.4 Å². The number of benzene rings is 1. The molecule has 6 nitrogen and oxygen atoms in total. The molecular formula is C21H27F3N6. The van der Waals surface area contributed by atoms with Gasteiger partial charge in [0.25, 0.3) is 0 Å². The Morgan fingerprint density at radius 2 is 2.03 bits per heavy atom. The summed E-state index contributed by atoms with van der Waals surface area (Å²) < 4.78 is 39.4. The summed E-state index contributed by atoms with van der Waals surface area (Å²) in [5, 5.41) is 6.51. The molecule has 0 spiro atoms. The maximum atomic E-state index is 13.1. The second-order valence-electron chi connectivity index (χ2n) is 8.00. The monoisotopic (exact) mass is 420 g/mol. The zero-order valence-electron chi connectivity index (χ0n) is 17.0. The lowest BCUT2D eigenvalue weighted by Gasteiger charge is -2.22. The van der Waals surface area contributed by atoms with Crippen LogP contribution in [0.3, 0.4) is 0 Å². The second kappa shape index (κ2) is 8.29. The first-order valence-electron chi connectivity index (χ1n) is 10.5. The fourth-order valence-corrected chi connectivity index (χ4v) is 4.21. The number of nitrogens with zero attached hydrogens (tertiary/aromatic N) is 3. The zero-order chi connectivity index (χ0) is 21.3. The highest BCUT2D eigenvalue weighted by Gasteiger charge is 2.32. The molecular weight excluding hydrogens is 393 g/mol. The molecule has 1 aliphatic heterocycles. The van der Waals surface area contributed by atoms with Gasteiger partial charge in [-0.3, -0.25) is 0 Å². The van der Waals surface area contributed by atoms with Crippen LogP contribution >= 0.6 is 0 Å². The van der Waals surface area contributed by atoms with Gasteiger partial charge in [0.1, 0.15) is 5.82 Å². The lowest BCUT2D eigenvalue weighted by Crippen LogP contribution is -2.33. The van der Waals surface area contributed by atoms with Gasteiger partial charge in [-0.05, 0) is 56.8 Å². The largest absolute Gasteiger partial charge is 0.416 e. The van der Waals surface area contributed by atoms with Crippen molar-refractivity contribution in [3.63, 3.8) is 0 Å². The van der Waals surface area contributed by atoms with E-state index in [-0.39, 0.29) is 11.4 Å². The summed E-state index contributed by atoms with van der Waals surface area (Å²) in [4.78, 5) is 11.6. The number of aromatic nitrogens is 2. The molecule has 1 fully saturated rings. The van der Waals surface area contributed by atoms with Crippen LogP contribution < -0.4 is 21.3 Å². The highest BCUT2D eigenvalue weighted by Crippen LogP contribution is 2.35. The first-order chi connectivity index (χ1) is 14.3. The fourth-order valence-electron chi connectivity index (χ4n) is 4.21. The Balaban J connectivity index is 1.60. The van der Waals surface area contributed by atoms with Crippen LogP contribution in [0.2, 0.25) is 0 Å². The topological polar surface area (TPSA) is 79.1 Å². The third-order valence-corrected chi connectivity index (χ3v) is 5.62. The number of aryl methyl sites for hydroxylation is 1. The Kier molecular flexibility index (Phi) is 5.73. The predicted octanol–water partition coefficient (Wildman–Crippen LogP) is 3.89. The number of alkyl halides is 3. The van der Waals surface area contributed by atoms with Crippen LogP contribution in [0.25, 0.3) is 0 Å². The summed E-state index contributed by atoms with van der Waals surface area (Å²) in [5.41, 5.74) is 7.31. The van der Waals surface area contributed by atoms with Crippen molar-refractivity contribution in [1.29, 1.82) is 0 Å². The lowest BCUT2D eigenvalue weighted by atomic mass is 10.1. The molecule has 2 heterocycles. The normalized spacial score (nSPS) is 18.7. The summed E-state index contributed by atoms with van der Waals surface area (Å²) in [7, 11) is 0. The molecule has 1 unspecified atom stereocenters.